The Bertz CT molecular complexity index is 672. The zero-order valence-corrected chi connectivity index (χ0v) is 11.1. The maximum Gasteiger partial charge on any atom is 0.255 e. The summed E-state index contributed by atoms with van der Waals surface area (Å²) >= 11 is 0. The zero-order valence-electron chi connectivity index (χ0n) is 11.1. The Labute approximate surface area is 115 Å². The van der Waals surface area contributed by atoms with E-state index < -0.39 is 0 Å². The van der Waals surface area contributed by atoms with E-state index >= 15 is 0 Å². The van der Waals surface area contributed by atoms with Crippen LogP contribution >= 0.6 is 0 Å². The highest BCUT2D eigenvalue weighted by molar-refractivity contribution is 5.78. The Morgan fingerprint density at radius 3 is 2.90 bits per heavy atom. The number of carbonyl (C=O) groups excluding carboxylic acids is 1. The van der Waals surface area contributed by atoms with Gasteiger partial charge in [-0.25, -0.2) is 15.4 Å². The number of hydrazine groups is 1. The first-order chi connectivity index (χ1) is 9.78. The molecule has 1 saturated carbocycles. The number of hydrogen-bond acceptors (Lipinski definition) is 5. The second kappa shape index (κ2) is 4.28. The maximum absolute atomic E-state index is 12.1. The molecule has 20 heavy (non-hydrogen) atoms. The summed E-state index contributed by atoms with van der Waals surface area (Å²) in [6, 6.07) is 0. The monoisotopic (exact) mass is 272 g/mol. The van der Waals surface area contributed by atoms with Crippen LogP contribution in [0.15, 0.2) is 16.1 Å². The summed E-state index contributed by atoms with van der Waals surface area (Å²) in [5.74, 6) is 0.943. The van der Waals surface area contributed by atoms with Gasteiger partial charge >= 0.3 is 0 Å². The molecular weight excluding hydrogens is 256 g/mol. The standard InChI is InChI=1S/C14H16N4O2/c19-7-9-6-15-18(12(9)8-4-5-8)14-16-11-3-1-2-10(11)13(20)17-14/h7-8,15H,1-6H2,(H,16,17,20). The average molecular weight is 272 g/mol. The number of aryl methyl sites for hydroxylation is 1. The Hall–Kier alpha value is -1.95. The summed E-state index contributed by atoms with van der Waals surface area (Å²) in [7, 11) is 0. The van der Waals surface area contributed by atoms with Crippen molar-refractivity contribution in [3.63, 3.8) is 0 Å². The van der Waals surface area contributed by atoms with Crippen molar-refractivity contribution < 1.29 is 4.79 Å². The van der Waals surface area contributed by atoms with Crippen LogP contribution < -0.4 is 16.0 Å². The Morgan fingerprint density at radius 1 is 1.30 bits per heavy atom. The Kier molecular flexibility index (Phi) is 2.53. The second-order valence-electron chi connectivity index (χ2n) is 5.64. The summed E-state index contributed by atoms with van der Waals surface area (Å²) < 4.78 is 0. The Balaban J connectivity index is 1.78. The van der Waals surface area contributed by atoms with Gasteiger partial charge in [-0.05, 0) is 32.1 Å². The molecule has 0 bridgehead atoms. The van der Waals surface area contributed by atoms with E-state index in [4.69, 9.17) is 0 Å². The minimum Gasteiger partial charge on any atom is -0.298 e. The fraction of sp³-hybridized carbons (Fsp3) is 0.500. The van der Waals surface area contributed by atoms with Gasteiger partial charge < -0.3 is 0 Å². The average Bonchev–Trinajstić information content (AvgIpc) is 3.02. The van der Waals surface area contributed by atoms with Crippen LogP contribution in [0, 0.1) is 5.92 Å². The molecule has 104 valence electrons. The number of allylic oxidation sites excluding steroid dienone is 1. The van der Waals surface area contributed by atoms with Crippen molar-refractivity contribution >= 4 is 12.2 Å². The summed E-state index contributed by atoms with van der Waals surface area (Å²) in [5.41, 5.74) is 6.60. The molecule has 1 fully saturated rings. The van der Waals surface area contributed by atoms with E-state index in [1.807, 2.05) is 0 Å². The number of anilines is 1. The van der Waals surface area contributed by atoms with Gasteiger partial charge in [-0.3, -0.25) is 14.6 Å². The normalized spacial score (nSPS) is 21.5. The van der Waals surface area contributed by atoms with Gasteiger partial charge in [0, 0.05) is 29.3 Å². The summed E-state index contributed by atoms with van der Waals surface area (Å²) in [4.78, 5) is 30.7. The zero-order chi connectivity index (χ0) is 13.7. The topological polar surface area (TPSA) is 78.1 Å². The van der Waals surface area contributed by atoms with Gasteiger partial charge in [-0.1, -0.05) is 0 Å². The lowest BCUT2D eigenvalue weighted by atomic mass is 10.2. The molecule has 4 rings (SSSR count). The van der Waals surface area contributed by atoms with Crippen molar-refractivity contribution in [2.75, 3.05) is 11.6 Å². The number of hydrogen-bond donors (Lipinski definition) is 2. The largest absolute Gasteiger partial charge is 0.298 e. The molecule has 0 radical (unpaired) electrons. The SMILES string of the molecule is O=CC1=C(C2CC2)N(c2nc3c(c(=O)[nH]2)CCC3)NC1. The fourth-order valence-corrected chi connectivity index (χ4v) is 3.11. The first-order valence-electron chi connectivity index (χ1n) is 7.12. The lowest BCUT2D eigenvalue weighted by molar-refractivity contribution is -0.104. The predicted octanol–water partition coefficient (Wildman–Crippen LogP) is 0.446. The highest BCUT2D eigenvalue weighted by atomic mass is 16.1. The van der Waals surface area contributed by atoms with Crippen molar-refractivity contribution in [3.05, 3.63) is 32.9 Å². The lowest BCUT2D eigenvalue weighted by Gasteiger charge is -2.21. The first-order valence-corrected chi connectivity index (χ1v) is 7.12. The maximum atomic E-state index is 12.1. The number of aldehydes is 1. The number of fused-ring (bicyclic) bond motifs is 1. The van der Waals surface area contributed by atoms with Gasteiger partial charge in [0.05, 0.1) is 5.69 Å². The molecule has 2 aliphatic carbocycles. The number of aromatic amines is 1. The fourth-order valence-electron chi connectivity index (χ4n) is 3.11. The molecular formula is C14H16N4O2. The van der Waals surface area contributed by atoms with E-state index in [1.54, 1.807) is 5.01 Å². The van der Waals surface area contributed by atoms with Crippen LogP contribution in [0.4, 0.5) is 5.95 Å². The molecule has 0 atom stereocenters. The number of H-pyrrole nitrogens is 1. The molecule has 2 N–H and O–H groups in total. The van der Waals surface area contributed by atoms with Gasteiger partial charge in [-0.2, -0.15) is 0 Å². The summed E-state index contributed by atoms with van der Waals surface area (Å²) in [5, 5.41) is 1.81. The van der Waals surface area contributed by atoms with Gasteiger partial charge in [0.1, 0.15) is 6.29 Å². The van der Waals surface area contributed by atoms with Crippen LogP contribution in [0.25, 0.3) is 0 Å². The lowest BCUT2D eigenvalue weighted by Crippen LogP contribution is -2.35. The molecule has 1 aliphatic heterocycles. The van der Waals surface area contributed by atoms with E-state index in [0.717, 1.165) is 60.9 Å². The van der Waals surface area contributed by atoms with E-state index in [-0.39, 0.29) is 5.56 Å². The minimum absolute atomic E-state index is 0.0426. The molecule has 0 amide bonds. The number of nitrogens with one attached hydrogen (secondary N) is 2. The smallest absolute Gasteiger partial charge is 0.255 e. The van der Waals surface area contributed by atoms with Crippen LogP contribution in [-0.2, 0) is 17.6 Å². The van der Waals surface area contributed by atoms with Crippen molar-refractivity contribution in [1.29, 1.82) is 0 Å². The summed E-state index contributed by atoms with van der Waals surface area (Å²) in [6.45, 7) is 0.510. The van der Waals surface area contributed by atoms with Crippen molar-refractivity contribution in [1.82, 2.24) is 15.4 Å². The van der Waals surface area contributed by atoms with Crippen molar-refractivity contribution in [2.24, 2.45) is 5.92 Å². The minimum atomic E-state index is -0.0426. The van der Waals surface area contributed by atoms with Crippen LogP contribution in [-0.4, -0.2) is 22.8 Å². The first kappa shape index (κ1) is 11.8. The summed E-state index contributed by atoms with van der Waals surface area (Å²) in [6.07, 6.45) is 5.78. The van der Waals surface area contributed by atoms with E-state index in [9.17, 15) is 9.59 Å². The Morgan fingerprint density at radius 2 is 2.15 bits per heavy atom. The number of carbonyl (C=O) groups is 1. The predicted molar refractivity (Wildman–Crippen MR) is 73.2 cm³/mol. The molecule has 0 aromatic carbocycles. The van der Waals surface area contributed by atoms with E-state index in [0.29, 0.717) is 18.4 Å². The molecule has 1 aromatic heterocycles. The third-order valence-electron chi connectivity index (χ3n) is 4.24. The van der Waals surface area contributed by atoms with Crippen molar-refractivity contribution in [3.8, 4) is 0 Å². The van der Waals surface area contributed by atoms with Crippen LogP contribution in [0.1, 0.15) is 30.5 Å². The van der Waals surface area contributed by atoms with Gasteiger partial charge in [0.25, 0.3) is 5.56 Å². The highest BCUT2D eigenvalue weighted by Gasteiger charge is 2.37. The second-order valence-corrected chi connectivity index (χ2v) is 5.64. The van der Waals surface area contributed by atoms with Crippen LogP contribution in [0.2, 0.25) is 0 Å². The molecule has 1 aromatic rings. The molecule has 3 aliphatic rings. The van der Waals surface area contributed by atoms with Gasteiger partial charge in [0.15, 0.2) is 0 Å². The third kappa shape index (κ3) is 1.71. The van der Waals surface area contributed by atoms with E-state index in [2.05, 4.69) is 15.4 Å². The number of aromatic nitrogens is 2. The van der Waals surface area contributed by atoms with Crippen LogP contribution in [0.3, 0.4) is 0 Å². The molecule has 2 heterocycles. The third-order valence-corrected chi connectivity index (χ3v) is 4.24. The van der Waals surface area contributed by atoms with E-state index in [1.165, 1.54) is 0 Å². The molecule has 0 spiro atoms. The van der Waals surface area contributed by atoms with Gasteiger partial charge in [-0.15, -0.1) is 0 Å². The van der Waals surface area contributed by atoms with Gasteiger partial charge in [0.2, 0.25) is 5.95 Å². The number of nitrogens with zero attached hydrogens (tertiary/aromatic N) is 2. The molecule has 6 nitrogen and oxygen atoms in total. The number of rotatable bonds is 3. The quantitative estimate of drug-likeness (QED) is 0.781. The molecule has 0 unspecified atom stereocenters. The highest BCUT2D eigenvalue weighted by Crippen LogP contribution is 2.41. The molecule has 0 saturated heterocycles. The molecule has 6 heteroatoms. The van der Waals surface area contributed by atoms with Crippen LogP contribution in [0.5, 0.6) is 0 Å². The van der Waals surface area contributed by atoms with Crippen molar-refractivity contribution in [2.45, 2.75) is 32.1 Å².